The van der Waals surface area contributed by atoms with Crippen LogP contribution < -0.4 is 11.1 Å². The lowest BCUT2D eigenvalue weighted by Crippen LogP contribution is -2.27. The number of nitrogens with zero attached hydrogens (tertiary/aromatic N) is 5. The Hall–Kier alpha value is -3.83. The Kier molecular flexibility index (Phi) is 5.12. The number of H-pyrrole nitrogens is 1. The van der Waals surface area contributed by atoms with Crippen LogP contribution in [0.15, 0.2) is 52.4 Å². The second-order valence-corrected chi connectivity index (χ2v) is 7.21. The zero-order chi connectivity index (χ0) is 21.3. The zero-order valence-electron chi connectivity index (χ0n) is 15.9. The molecule has 4 rings (SSSR count). The first kappa shape index (κ1) is 19.5. The van der Waals surface area contributed by atoms with Gasteiger partial charge in [-0.1, -0.05) is 11.6 Å². The molecule has 3 aromatic heterocycles. The van der Waals surface area contributed by atoms with Crippen molar-refractivity contribution in [2.45, 2.75) is 19.9 Å². The fraction of sp³-hybridized carbons (Fsp3) is 0.143. The van der Waals surface area contributed by atoms with Crippen LogP contribution in [0.5, 0.6) is 0 Å². The van der Waals surface area contributed by atoms with E-state index in [0.717, 1.165) is 5.56 Å². The lowest BCUT2D eigenvalue weighted by molar-refractivity contribution is 0.693. The van der Waals surface area contributed by atoms with Crippen molar-refractivity contribution < 1.29 is 0 Å². The summed E-state index contributed by atoms with van der Waals surface area (Å²) in [5.41, 5.74) is 2.56. The third kappa shape index (κ3) is 3.71. The summed E-state index contributed by atoms with van der Waals surface area (Å²) in [5.74, 6) is 0. The fourth-order valence-electron chi connectivity index (χ4n) is 3.27. The lowest BCUT2D eigenvalue weighted by Gasteiger charge is -2.11. The van der Waals surface area contributed by atoms with Crippen LogP contribution in [0.2, 0.25) is 5.02 Å². The molecule has 0 saturated carbocycles. The SMILES string of the molecule is Cc1ncn(Cc2n[nH]c(=O)c3cccnc23)c(=O)c1Cc1cc(Cl)cc(C#N)c1. The molecule has 0 unspecified atom stereocenters. The van der Waals surface area contributed by atoms with Crippen LogP contribution >= 0.6 is 11.6 Å². The maximum Gasteiger partial charge on any atom is 0.273 e. The molecule has 0 aliphatic rings. The number of fused-ring (bicyclic) bond motifs is 1. The molecule has 0 amide bonds. The topological polar surface area (TPSA) is 117 Å². The average molecular weight is 419 g/mol. The number of aromatic nitrogens is 5. The number of benzene rings is 1. The Morgan fingerprint density at radius 1 is 1.23 bits per heavy atom. The molecule has 30 heavy (non-hydrogen) atoms. The molecule has 0 atom stereocenters. The molecule has 0 saturated heterocycles. The summed E-state index contributed by atoms with van der Waals surface area (Å²) in [4.78, 5) is 33.7. The van der Waals surface area contributed by atoms with E-state index in [0.29, 0.717) is 38.4 Å². The molecule has 0 spiro atoms. The number of aryl methyl sites for hydroxylation is 1. The Labute approximate surface area is 175 Å². The average Bonchev–Trinajstić information content (AvgIpc) is 2.74. The minimum atomic E-state index is -0.342. The third-order valence-electron chi connectivity index (χ3n) is 4.75. The summed E-state index contributed by atoms with van der Waals surface area (Å²) in [6.45, 7) is 1.86. The van der Waals surface area contributed by atoms with Crippen LogP contribution in [0, 0.1) is 18.3 Å². The van der Waals surface area contributed by atoms with Crippen molar-refractivity contribution >= 4 is 22.5 Å². The van der Waals surface area contributed by atoms with E-state index in [9.17, 15) is 9.59 Å². The minimum Gasteiger partial charge on any atom is -0.293 e. The molecule has 0 aliphatic heterocycles. The van der Waals surface area contributed by atoms with Crippen molar-refractivity contribution in [3.8, 4) is 6.07 Å². The van der Waals surface area contributed by atoms with E-state index >= 15 is 0 Å². The van der Waals surface area contributed by atoms with Crippen molar-refractivity contribution in [1.29, 1.82) is 5.26 Å². The highest BCUT2D eigenvalue weighted by Crippen LogP contribution is 2.18. The number of aromatic amines is 1. The van der Waals surface area contributed by atoms with Crippen LogP contribution in [-0.4, -0.2) is 24.7 Å². The second-order valence-electron chi connectivity index (χ2n) is 6.78. The van der Waals surface area contributed by atoms with Crippen LogP contribution in [-0.2, 0) is 13.0 Å². The number of nitriles is 1. The van der Waals surface area contributed by atoms with Crippen LogP contribution in [0.3, 0.4) is 0 Å². The molecule has 0 fully saturated rings. The van der Waals surface area contributed by atoms with Crippen LogP contribution in [0.4, 0.5) is 0 Å². The van der Waals surface area contributed by atoms with Gasteiger partial charge in [-0.05, 0) is 42.8 Å². The van der Waals surface area contributed by atoms with Crippen LogP contribution in [0.25, 0.3) is 10.9 Å². The molecular formula is C21H15ClN6O2. The number of pyridine rings is 1. The van der Waals surface area contributed by atoms with Gasteiger partial charge in [0.1, 0.15) is 11.2 Å². The summed E-state index contributed by atoms with van der Waals surface area (Å²) in [6, 6.07) is 10.4. The highest BCUT2D eigenvalue weighted by molar-refractivity contribution is 6.30. The van der Waals surface area contributed by atoms with Gasteiger partial charge in [0.25, 0.3) is 11.1 Å². The molecule has 0 aliphatic carbocycles. The predicted molar refractivity (Wildman–Crippen MR) is 111 cm³/mol. The zero-order valence-corrected chi connectivity index (χ0v) is 16.6. The standard InChI is InChI=1S/C21H15ClN6O2/c1-12-17(8-13-5-14(9-23)7-15(22)6-13)21(30)28(11-25-12)10-18-19-16(3-2-4-24-19)20(29)27-26-18/h2-7,11H,8,10H2,1H3,(H,27,29). The molecule has 8 nitrogen and oxygen atoms in total. The minimum absolute atomic E-state index is 0.0996. The Morgan fingerprint density at radius 2 is 2.07 bits per heavy atom. The van der Waals surface area contributed by atoms with Gasteiger partial charge in [-0.3, -0.25) is 19.1 Å². The van der Waals surface area contributed by atoms with E-state index in [1.165, 1.54) is 10.9 Å². The van der Waals surface area contributed by atoms with E-state index in [1.54, 1.807) is 43.5 Å². The largest absolute Gasteiger partial charge is 0.293 e. The van der Waals surface area contributed by atoms with E-state index in [1.807, 2.05) is 0 Å². The van der Waals surface area contributed by atoms with Crippen molar-refractivity contribution in [2.24, 2.45) is 0 Å². The number of halogens is 1. The van der Waals surface area contributed by atoms with Gasteiger partial charge in [0.05, 0.1) is 29.9 Å². The first-order valence-electron chi connectivity index (χ1n) is 9.03. The normalized spacial score (nSPS) is 10.8. The lowest BCUT2D eigenvalue weighted by atomic mass is 10.0. The number of rotatable bonds is 4. The maximum absolute atomic E-state index is 13.1. The van der Waals surface area contributed by atoms with Gasteiger partial charge < -0.3 is 0 Å². The molecular weight excluding hydrogens is 404 g/mol. The van der Waals surface area contributed by atoms with Gasteiger partial charge in [0, 0.05) is 28.9 Å². The monoisotopic (exact) mass is 418 g/mol. The molecule has 1 N–H and O–H groups in total. The summed E-state index contributed by atoms with van der Waals surface area (Å²) in [6.07, 6.45) is 3.30. The molecule has 1 aromatic carbocycles. The molecule has 148 valence electrons. The number of nitrogens with one attached hydrogen (secondary N) is 1. The van der Waals surface area contributed by atoms with E-state index in [2.05, 4.69) is 26.2 Å². The quantitative estimate of drug-likeness (QED) is 0.543. The number of hydrogen-bond acceptors (Lipinski definition) is 6. The molecule has 0 bridgehead atoms. The maximum atomic E-state index is 13.1. The summed E-state index contributed by atoms with van der Waals surface area (Å²) in [7, 11) is 0. The van der Waals surface area contributed by atoms with E-state index < -0.39 is 0 Å². The van der Waals surface area contributed by atoms with Gasteiger partial charge >= 0.3 is 0 Å². The molecule has 4 aromatic rings. The summed E-state index contributed by atoms with van der Waals surface area (Å²) in [5, 5.41) is 16.5. The Morgan fingerprint density at radius 3 is 2.87 bits per heavy atom. The second kappa shape index (κ2) is 7.89. The van der Waals surface area contributed by atoms with Crippen molar-refractivity contribution in [3.05, 3.63) is 96.7 Å². The van der Waals surface area contributed by atoms with Crippen molar-refractivity contribution in [3.63, 3.8) is 0 Å². The van der Waals surface area contributed by atoms with Crippen LogP contribution in [0.1, 0.15) is 28.1 Å². The third-order valence-corrected chi connectivity index (χ3v) is 4.97. The highest BCUT2D eigenvalue weighted by Gasteiger charge is 2.14. The Bertz CT molecular complexity index is 1430. The van der Waals surface area contributed by atoms with Crippen molar-refractivity contribution in [1.82, 2.24) is 24.7 Å². The van der Waals surface area contributed by atoms with Gasteiger partial charge in [-0.15, -0.1) is 0 Å². The van der Waals surface area contributed by atoms with Gasteiger partial charge in [-0.25, -0.2) is 10.1 Å². The smallest absolute Gasteiger partial charge is 0.273 e. The first-order valence-corrected chi connectivity index (χ1v) is 9.41. The fourth-order valence-corrected chi connectivity index (χ4v) is 3.53. The van der Waals surface area contributed by atoms with E-state index in [-0.39, 0.29) is 24.1 Å². The first-order chi connectivity index (χ1) is 14.5. The van der Waals surface area contributed by atoms with Gasteiger partial charge in [-0.2, -0.15) is 10.4 Å². The van der Waals surface area contributed by atoms with Gasteiger partial charge in [0.2, 0.25) is 0 Å². The summed E-state index contributed by atoms with van der Waals surface area (Å²) < 4.78 is 1.42. The predicted octanol–water partition coefficient (Wildman–Crippen LogP) is 2.35. The molecule has 0 radical (unpaired) electrons. The molecule has 9 heteroatoms. The van der Waals surface area contributed by atoms with Crippen molar-refractivity contribution in [2.75, 3.05) is 0 Å². The number of hydrogen-bond donors (Lipinski definition) is 1. The highest BCUT2D eigenvalue weighted by atomic mass is 35.5. The Balaban J connectivity index is 1.75. The van der Waals surface area contributed by atoms with Gasteiger partial charge in [0.15, 0.2) is 0 Å². The van der Waals surface area contributed by atoms with E-state index in [4.69, 9.17) is 16.9 Å². The summed E-state index contributed by atoms with van der Waals surface area (Å²) >= 11 is 6.09. The molecule has 3 heterocycles.